The largest absolute Gasteiger partial charge is 0.333 e. The Morgan fingerprint density at radius 3 is 2.94 bits per heavy atom. The number of halogens is 1. The van der Waals surface area contributed by atoms with Crippen LogP contribution in [0.4, 0.5) is 0 Å². The molecule has 0 bridgehead atoms. The van der Waals surface area contributed by atoms with E-state index in [0.29, 0.717) is 22.7 Å². The number of aryl methyl sites for hydroxylation is 1. The summed E-state index contributed by atoms with van der Waals surface area (Å²) in [6.07, 6.45) is 2.31. The molecule has 4 nitrogen and oxygen atoms in total. The van der Waals surface area contributed by atoms with Gasteiger partial charge in [-0.2, -0.15) is 4.98 Å². The summed E-state index contributed by atoms with van der Waals surface area (Å²) in [5.41, 5.74) is 7.05. The first-order chi connectivity index (χ1) is 8.16. The fourth-order valence-corrected chi connectivity index (χ4v) is 2.90. The molecule has 90 valence electrons. The maximum atomic E-state index is 6.16. The lowest BCUT2D eigenvalue weighted by Gasteiger charge is -2.01. The lowest BCUT2D eigenvalue weighted by molar-refractivity contribution is 0.412. The summed E-state index contributed by atoms with van der Waals surface area (Å²) in [6, 6.07) is -0.104. The molecule has 2 heterocycles. The molecule has 1 aliphatic rings. The lowest BCUT2D eigenvalue weighted by Crippen LogP contribution is -2.13. The van der Waals surface area contributed by atoms with Gasteiger partial charge in [-0.25, -0.2) is 0 Å². The van der Waals surface area contributed by atoms with Gasteiger partial charge in [0.25, 0.3) is 5.89 Å². The Morgan fingerprint density at radius 1 is 1.59 bits per heavy atom. The third kappa shape index (κ3) is 1.99. The summed E-state index contributed by atoms with van der Waals surface area (Å²) in [5.74, 6) is 1.57. The molecule has 1 atom stereocenters. The highest BCUT2D eigenvalue weighted by atomic mass is 35.5. The van der Waals surface area contributed by atoms with Crippen LogP contribution in [-0.2, 0) is 0 Å². The van der Waals surface area contributed by atoms with Gasteiger partial charge in [0.15, 0.2) is 5.82 Å². The Bertz CT molecular complexity index is 547. The van der Waals surface area contributed by atoms with Crippen LogP contribution < -0.4 is 5.73 Å². The first-order valence-corrected chi connectivity index (χ1v) is 6.75. The Kier molecular flexibility index (Phi) is 2.69. The second-order valence-corrected chi connectivity index (χ2v) is 5.64. The average Bonchev–Trinajstić information content (AvgIpc) is 2.97. The molecule has 3 rings (SSSR count). The summed E-state index contributed by atoms with van der Waals surface area (Å²) < 4.78 is 5.23. The van der Waals surface area contributed by atoms with E-state index in [9.17, 15) is 0 Å². The quantitative estimate of drug-likeness (QED) is 0.929. The van der Waals surface area contributed by atoms with Crippen molar-refractivity contribution in [2.75, 3.05) is 0 Å². The monoisotopic (exact) mass is 269 g/mol. The highest BCUT2D eigenvalue weighted by Gasteiger charge is 2.33. The number of hydrogen-bond donors (Lipinski definition) is 1. The van der Waals surface area contributed by atoms with E-state index in [2.05, 4.69) is 10.1 Å². The van der Waals surface area contributed by atoms with Gasteiger partial charge in [0, 0.05) is 0 Å². The van der Waals surface area contributed by atoms with E-state index in [4.69, 9.17) is 21.9 Å². The van der Waals surface area contributed by atoms with Gasteiger partial charge in [0.05, 0.1) is 11.1 Å². The van der Waals surface area contributed by atoms with Crippen molar-refractivity contribution in [3.63, 3.8) is 0 Å². The zero-order chi connectivity index (χ0) is 12.0. The molecule has 0 radical (unpaired) electrons. The first kappa shape index (κ1) is 11.2. The van der Waals surface area contributed by atoms with Gasteiger partial charge in [-0.1, -0.05) is 16.8 Å². The number of hydrogen-bond acceptors (Lipinski definition) is 5. The molecule has 0 aromatic carbocycles. The van der Waals surface area contributed by atoms with Crippen molar-refractivity contribution < 1.29 is 4.52 Å². The fourth-order valence-electron chi connectivity index (χ4n) is 1.70. The highest BCUT2D eigenvalue weighted by Crippen LogP contribution is 2.40. The van der Waals surface area contributed by atoms with Crippen LogP contribution in [0.5, 0.6) is 0 Å². The van der Waals surface area contributed by atoms with Gasteiger partial charge in [-0.05, 0) is 36.6 Å². The van der Waals surface area contributed by atoms with E-state index in [1.807, 2.05) is 12.3 Å². The molecule has 6 heteroatoms. The minimum absolute atomic E-state index is 0.104. The molecule has 1 saturated carbocycles. The van der Waals surface area contributed by atoms with Crippen LogP contribution in [0.2, 0.25) is 5.02 Å². The van der Waals surface area contributed by atoms with Crippen LogP contribution in [0.25, 0.3) is 10.8 Å². The number of rotatable bonds is 3. The second-order valence-electron chi connectivity index (χ2n) is 4.38. The van der Waals surface area contributed by atoms with E-state index in [0.717, 1.165) is 23.3 Å². The molecule has 0 aliphatic heterocycles. The minimum Gasteiger partial charge on any atom is -0.333 e. The van der Waals surface area contributed by atoms with E-state index in [1.165, 1.54) is 11.3 Å². The lowest BCUT2D eigenvalue weighted by atomic mass is 10.2. The topological polar surface area (TPSA) is 64.9 Å². The van der Waals surface area contributed by atoms with Crippen LogP contribution >= 0.6 is 22.9 Å². The van der Waals surface area contributed by atoms with Crippen molar-refractivity contribution in [3.05, 3.63) is 21.8 Å². The van der Waals surface area contributed by atoms with Gasteiger partial charge >= 0.3 is 0 Å². The smallest absolute Gasteiger partial charge is 0.269 e. The summed E-state index contributed by atoms with van der Waals surface area (Å²) in [5, 5.41) is 6.60. The van der Waals surface area contributed by atoms with Crippen LogP contribution in [-0.4, -0.2) is 10.1 Å². The van der Waals surface area contributed by atoms with Crippen molar-refractivity contribution in [2.24, 2.45) is 11.7 Å². The third-order valence-electron chi connectivity index (χ3n) is 2.96. The Morgan fingerprint density at radius 2 is 2.35 bits per heavy atom. The number of nitrogens with two attached hydrogens (primary N) is 1. The van der Waals surface area contributed by atoms with Crippen LogP contribution in [0, 0.1) is 12.8 Å². The normalized spacial score (nSPS) is 17.4. The molecule has 1 fully saturated rings. The van der Waals surface area contributed by atoms with Crippen molar-refractivity contribution in [1.29, 1.82) is 0 Å². The zero-order valence-corrected chi connectivity index (χ0v) is 10.9. The number of thiophene rings is 1. The Hall–Kier alpha value is -0.910. The molecule has 0 saturated heterocycles. The molecule has 17 heavy (non-hydrogen) atoms. The third-order valence-corrected chi connectivity index (χ3v) is 4.65. The number of aromatic nitrogens is 2. The molecule has 0 amide bonds. The summed E-state index contributed by atoms with van der Waals surface area (Å²) >= 11 is 7.67. The number of nitrogens with zero attached hydrogens (tertiary/aromatic N) is 2. The van der Waals surface area contributed by atoms with Gasteiger partial charge in [0.2, 0.25) is 0 Å². The molecule has 2 aromatic heterocycles. The molecule has 1 aliphatic carbocycles. The fraction of sp³-hybridized carbons (Fsp3) is 0.455. The van der Waals surface area contributed by atoms with Crippen molar-refractivity contribution in [1.82, 2.24) is 10.1 Å². The van der Waals surface area contributed by atoms with Crippen molar-refractivity contribution in [2.45, 2.75) is 25.8 Å². The van der Waals surface area contributed by atoms with Gasteiger partial charge < -0.3 is 10.3 Å². The molecule has 2 aromatic rings. The van der Waals surface area contributed by atoms with Crippen LogP contribution in [0.15, 0.2) is 9.90 Å². The Labute approximate surface area is 108 Å². The standard InChI is InChI=1S/C11H12ClN3OS/c1-5-4-17-9(7(5)12)11-14-10(15-16-11)8(13)6-2-3-6/h4,6,8H,2-3,13H2,1H3. The molecule has 2 N–H and O–H groups in total. The molecular weight excluding hydrogens is 258 g/mol. The van der Waals surface area contributed by atoms with Gasteiger partial charge in [-0.15, -0.1) is 11.3 Å². The zero-order valence-electron chi connectivity index (χ0n) is 9.31. The van der Waals surface area contributed by atoms with Crippen LogP contribution in [0.1, 0.15) is 30.3 Å². The predicted molar refractivity (Wildman–Crippen MR) is 67.0 cm³/mol. The van der Waals surface area contributed by atoms with Gasteiger partial charge in [0.1, 0.15) is 4.88 Å². The van der Waals surface area contributed by atoms with Crippen molar-refractivity contribution in [3.8, 4) is 10.8 Å². The summed E-state index contributed by atoms with van der Waals surface area (Å²) in [4.78, 5) is 5.16. The van der Waals surface area contributed by atoms with E-state index < -0.39 is 0 Å². The summed E-state index contributed by atoms with van der Waals surface area (Å²) in [6.45, 7) is 1.95. The minimum atomic E-state index is -0.104. The van der Waals surface area contributed by atoms with Gasteiger partial charge in [-0.3, -0.25) is 0 Å². The maximum Gasteiger partial charge on any atom is 0.269 e. The van der Waals surface area contributed by atoms with E-state index in [-0.39, 0.29) is 6.04 Å². The first-order valence-electron chi connectivity index (χ1n) is 5.50. The maximum absolute atomic E-state index is 6.16. The highest BCUT2D eigenvalue weighted by molar-refractivity contribution is 7.14. The van der Waals surface area contributed by atoms with E-state index >= 15 is 0 Å². The SMILES string of the molecule is Cc1csc(-c2nc(C(N)C3CC3)no2)c1Cl. The summed E-state index contributed by atoms with van der Waals surface area (Å²) in [7, 11) is 0. The molecular formula is C11H12ClN3OS. The predicted octanol–water partition coefficient (Wildman–Crippen LogP) is 3.17. The van der Waals surface area contributed by atoms with Crippen molar-refractivity contribution >= 4 is 22.9 Å². The molecule has 1 unspecified atom stereocenters. The average molecular weight is 270 g/mol. The Balaban J connectivity index is 1.91. The molecule has 0 spiro atoms. The van der Waals surface area contributed by atoms with E-state index in [1.54, 1.807) is 0 Å². The second kappa shape index (κ2) is 4.08. The van der Waals surface area contributed by atoms with Crippen LogP contribution in [0.3, 0.4) is 0 Å².